The van der Waals surface area contributed by atoms with Crippen LogP contribution in [0.4, 0.5) is 0 Å². The Hall–Kier alpha value is 1.18. The molecule has 0 aliphatic carbocycles. The summed E-state index contributed by atoms with van der Waals surface area (Å²) in [6.07, 6.45) is 0. The molecule has 0 fully saturated rings. The van der Waals surface area contributed by atoms with Gasteiger partial charge in [-0.2, -0.15) is 0 Å². The molecule has 8 heavy (non-hydrogen) atoms. The molecule has 56 valence electrons. The molecule has 0 amide bonds. The molecule has 0 spiro atoms. The van der Waals surface area contributed by atoms with Crippen molar-refractivity contribution in [2.24, 2.45) is 0 Å². The van der Waals surface area contributed by atoms with E-state index < -0.39 is 7.82 Å². The van der Waals surface area contributed by atoms with Gasteiger partial charge in [0.1, 0.15) is 0 Å². The Balaban J connectivity index is 0. The summed E-state index contributed by atoms with van der Waals surface area (Å²) in [5, 5.41) is 0. The minimum absolute atomic E-state index is 0.569. The van der Waals surface area contributed by atoms with E-state index in [1.165, 1.54) is 0 Å². The standard InChI is InChI=1S/2ClH.Ni.H3O4P/c;;;1-5(2,3)4/h2*1H;;(H3,1,2,3,4)/q;;+2;/p-2. The van der Waals surface area contributed by atoms with Crippen LogP contribution in [0.15, 0.2) is 0 Å². The van der Waals surface area contributed by atoms with E-state index in [1.54, 1.807) is 0 Å². The molecular weight excluding hydrogens is 225 g/mol. The molecule has 4 nitrogen and oxygen atoms in total. The monoisotopic (exact) mass is 226 g/mol. The van der Waals surface area contributed by atoms with Crippen molar-refractivity contribution in [2.45, 2.75) is 0 Å². The SMILES string of the molecule is O=P(O)(O)O.[Cl][Ni][Cl]. The van der Waals surface area contributed by atoms with Crippen LogP contribution < -0.4 is 0 Å². The molecule has 0 aromatic heterocycles. The third-order valence-corrected chi connectivity index (χ3v) is 0. The van der Waals surface area contributed by atoms with Gasteiger partial charge in [0.2, 0.25) is 0 Å². The van der Waals surface area contributed by atoms with Crippen LogP contribution in [0.1, 0.15) is 0 Å². The second kappa shape index (κ2) is 6.31. The number of hydrogen-bond acceptors (Lipinski definition) is 1. The van der Waals surface area contributed by atoms with Gasteiger partial charge in [0, 0.05) is 0 Å². The summed E-state index contributed by atoms with van der Waals surface area (Å²) in [5.41, 5.74) is 0. The Morgan fingerprint density at radius 2 is 1.25 bits per heavy atom. The fourth-order valence-corrected chi connectivity index (χ4v) is 0. The maximum absolute atomic E-state index is 8.88. The molecule has 0 rings (SSSR count). The minimum atomic E-state index is -4.64. The molecule has 3 N–H and O–H groups in total. The van der Waals surface area contributed by atoms with Crippen LogP contribution in [0.2, 0.25) is 0 Å². The summed E-state index contributed by atoms with van der Waals surface area (Å²) < 4.78 is 8.88. The molecule has 0 aromatic carbocycles. The van der Waals surface area contributed by atoms with Gasteiger partial charge in [-0.15, -0.1) is 0 Å². The van der Waals surface area contributed by atoms with Crippen LogP contribution in [-0.2, 0) is 17.2 Å². The summed E-state index contributed by atoms with van der Waals surface area (Å²) in [6, 6.07) is 0. The van der Waals surface area contributed by atoms with Crippen molar-refractivity contribution in [1.29, 1.82) is 0 Å². The molecule has 0 aliphatic heterocycles. The Morgan fingerprint density at radius 1 is 1.25 bits per heavy atom. The van der Waals surface area contributed by atoms with E-state index in [9.17, 15) is 0 Å². The zero-order chi connectivity index (χ0) is 7.21. The van der Waals surface area contributed by atoms with Crippen LogP contribution in [0.25, 0.3) is 0 Å². The van der Waals surface area contributed by atoms with Crippen molar-refractivity contribution in [3.8, 4) is 0 Å². The van der Waals surface area contributed by atoms with Crippen LogP contribution in [0.5, 0.6) is 0 Å². The van der Waals surface area contributed by atoms with Crippen molar-refractivity contribution < 1.29 is 31.9 Å². The fraction of sp³-hybridized carbons (Fsp3) is 0. The second-order valence-electron chi connectivity index (χ2n) is 0.558. The first kappa shape index (κ1) is 11.9. The topological polar surface area (TPSA) is 77.8 Å². The number of halogens is 2. The van der Waals surface area contributed by atoms with Crippen LogP contribution >= 0.6 is 28.2 Å². The van der Waals surface area contributed by atoms with Crippen LogP contribution in [-0.4, -0.2) is 14.7 Å². The van der Waals surface area contributed by atoms with E-state index in [0.717, 1.165) is 0 Å². The maximum atomic E-state index is 8.88. The van der Waals surface area contributed by atoms with Gasteiger partial charge >= 0.3 is 40.9 Å². The quantitative estimate of drug-likeness (QED) is 0.415. The number of hydrogen-bond donors (Lipinski definition) is 3. The Labute approximate surface area is 60.4 Å². The molecule has 0 saturated carbocycles. The zero-order valence-corrected chi connectivity index (χ0v) is 6.66. The Morgan fingerprint density at radius 3 is 1.25 bits per heavy atom. The van der Waals surface area contributed by atoms with Gasteiger partial charge in [0.05, 0.1) is 0 Å². The van der Waals surface area contributed by atoms with Crippen molar-refractivity contribution in [2.75, 3.05) is 0 Å². The molecule has 0 aliphatic rings. The first-order valence-corrected chi connectivity index (χ1v) is 5.30. The Kier molecular flexibility index (Phi) is 9.39. The molecule has 0 bridgehead atoms. The van der Waals surface area contributed by atoms with Gasteiger partial charge in [0.25, 0.3) is 0 Å². The third kappa shape index (κ3) is 196. The van der Waals surface area contributed by atoms with Gasteiger partial charge in [-0.05, 0) is 0 Å². The van der Waals surface area contributed by atoms with Crippen molar-refractivity contribution >= 4 is 28.2 Å². The molecular formula is H3Cl2NiO4P. The van der Waals surface area contributed by atoms with Crippen LogP contribution in [0, 0.1) is 0 Å². The van der Waals surface area contributed by atoms with E-state index in [1.807, 2.05) is 0 Å². The van der Waals surface area contributed by atoms with E-state index in [4.69, 9.17) is 39.6 Å². The van der Waals surface area contributed by atoms with E-state index in [2.05, 4.69) is 0 Å². The Bertz CT molecular complexity index is 69.8. The molecule has 0 unspecified atom stereocenters. The molecule has 0 heterocycles. The van der Waals surface area contributed by atoms with Crippen LogP contribution in [0.3, 0.4) is 0 Å². The van der Waals surface area contributed by atoms with E-state index >= 15 is 0 Å². The summed E-state index contributed by atoms with van der Waals surface area (Å²) in [4.78, 5) is 21.6. The predicted molar refractivity (Wildman–Crippen MR) is 26.0 cm³/mol. The van der Waals surface area contributed by atoms with Gasteiger partial charge in [0.15, 0.2) is 0 Å². The predicted octanol–water partition coefficient (Wildman–Crippen LogP) is 0.448. The second-order valence-corrected chi connectivity index (χ2v) is 3.22. The molecule has 0 saturated heterocycles. The summed E-state index contributed by atoms with van der Waals surface area (Å²) in [5.74, 6) is 0. The number of phosphoric acid groups is 1. The summed E-state index contributed by atoms with van der Waals surface area (Å²) in [7, 11) is 4.76. The third-order valence-electron chi connectivity index (χ3n) is 0. The number of rotatable bonds is 0. The van der Waals surface area contributed by atoms with Crippen molar-refractivity contribution in [3.63, 3.8) is 0 Å². The van der Waals surface area contributed by atoms with Gasteiger partial charge in [-0.1, -0.05) is 0 Å². The van der Waals surface area contributed by atoms with Gasteiger partial charge in [-0.25, -0.2) is 4.57 Å². The van der Waals surface area contributed by atoms with Crippen molar-refractivity contribution in [3.05, 3.63) is 0 Å². The van der Waals surface area contributed by atoms with Crippen molar-refractivity contribution in [1.82, 2.24) is 0 Å². The first-order chi connectivity index (χ1) is 3.41. The van der Waals surface area contributed by atoms with E-state index in [0.29, 0.717) is 12.7 Å². The molecule has 0 radical (unpaired) electrons. The molecule has 8 heteroatoms. The first-order valence-electron chi connectivity index (χ1n) is 1.02. The average Bonchev–Trinajstić information content (AvgIpc) is 1.27. The normalized spacial score (nSPS) is 10.1. The average molecular weight is 228 g/mol. The zero-order valence-electron chi connectivity index (χ0n) is 3.27. The summed E-state index contributed by atoms with van der Waals surface area (Å²) >= 11 is 0.569. The fourth-order valence-electron chi connectivity index (χ4n) is 0. The molecule has 0 aromatic rings. The molecule has 0 atom stereocenters. The van der Waals surface area contributed by atoms with E-state index in [-0.39, 0.29) is 0 Å². The van der Waals surface area contributed by atoms with Gasteiger partial charge in [-0.3, -0.25) is 0 Å². The summed E-state index contributed by atoms with van der Waals surface area (Å²) in [6.45, 7) is 0. The van der Waals surface area contributed by atoms with Gasteiger partial charge < -0.3 is 14.7 Å².